The molecule has 100 valence electrons. The summed E-state index contributed by atoms with van der Waals surface area (Å²) in [6, 6.07) is 7.61. The maximum Gasteiger partial charge on any atom is 0.344 e. The number of hydrogen-bond donors (Lipinski definition) is 1. The second-order valence-electron chi connectivity index (χ2n) is 5.05. The van der Waals surface area contributed by atoms with Crippen molar-refractivity contribution in [2.24, 2.45) is 0 Å². The van der Waals surface area contributed by atoms with Crippen molar-refractivity contribution in [2.75, 3.05) is 13.7 Å². The molecule has 0 spiro atoms. The van der Waals surface area contributed by atoms with E-state index in [1.807, 2.05) is 52.1 Å². The number of carbonyl (C=O) groups is 1. The average molecular weight is 251 g/mol. The van der Waals surface area contributed by atoms with Crippen molar-refractivity contribution in [1.29, 1.82) is 0 Å². The van der Waals surface area contributed by atoms with E-state index in [-0.39, 0.29) is 12.6 Å². The van der Waals surface area contributed by atoms with Crippen LogP contribution in [0.15, 0.2) is 24.3 Å². The smallest absolute Gasteiger partial charge is 0.344 e. The van der Waals surface area contributed by atoms with Gasteiger partial charge in [-0.2, -0.15) is 0 Å². The third-order valence-corrected chi connectivity index (χ3v) is 2.08. The fourth-order valence-electron chi connectivity index (χ4n) is 1.42. The highest BCUT2D eigenvalue weighted by Gasteiger charge is 2.16. The fraction of sp³-hybridized carbons (Fsp3) is 0.500. The molecule has 0 atom stereocenters. The lowest BCUT2D eigenvalue weighted by Gasteiger charge is -2.19. The van der Waals surface area contributed by atoms with Crippen LogP contribution in [0.4, 0.5) is 0 Å². The zero-order chi connectivity index (χ0) is 13.6. The Morgan fingerprint density at radius 1 is 1.22 bits per heavy atom. The Labute approximate surface area is 108 Å². The summed E-state index contributed by atoms with van der Waals surface area (Å²) in [4.78, 5) is 11.4. The molecular weight excluding hydrogens is 230 g/mol. The Hall–Kier alpha value is -1.55. The van der Waals surface area contributed by atoms with E-state index in [4.69, 9.17) is 9.47 Å². The first kappa shape index (κ1) is 14.5. The number of carbonyl (C=O) groups excluding carboxylic acids is 1. The van der Waals surface area contributed by atoms with Gasteiger partial charge < -0.3 is 14.8 Å². The highest BCUT2D eigenvalue weighted by molar-refractivity contribution is 5.71. The van der Waals surface area contributed by atoms with Crippen molar-refractivity contribution in [1.82, 2.24) is 5.32 Å². The standard InChI is InChI=1S/C14H21NO3/c1-14(2,3)18-13(16)10-17-12-7-5-11(6-8-12)9-15-4/h5-8,15H,9-10H2,1-4H3. The van der Waals surface area contributed by atoms with Crippen LogP contribution in [0.3, 0.4) is 0 Å². The second-order valence-corrected chi connectivity index (χ2v) is 5.05. The molecule has 4 heteroatoms. The van der Waals surface area contributed by atoms with Crippen LogP contribution >= 0.6 is 0 Å². The molecule has 0 saturated carbocycles. The summed E-state index contributed by atoms with van der Waals surface area (Å²) in [5.74, 6) is 0.308. The van der Waals surface area contributed by atoms with Crippen LogP contribution in [0.5, 0.6) is 5.75 Å². The summed E-state index contributed by atoms with van der Waals surface area (Å²) in [6.07, 6.45) is 0. The average Bonchev–Trinajstić information content (AvgIpc) is 2.26. The Balaban J connectivity index is 2.41. The molecule has 0 saturated heterocycles. The van der Waals surface area contributed by atoms with Crippen molar-refractivity contribution in [3.05, 3.63) is 29.8 Å². The maximum absolute atomic E-state index is 11.4. The fourth-order valence-corrected chi connectivity index (χ4v) is 1.42. The SMILES string of the molecule is CNCc1ccc(OCC(=O)OC(C)(C)C)cc1. The topological polar surface area (TPSA) is 47.6 Å². The molecule has 0 unspecified atom stereocenters. The molecule has 0 aromatic heterocycles. The minimum atomic E-state index is -0.475. The molecule has 0 aliphatic carbocycles. The number of esters is 1. The minimum absolute atomic E-state index is 0.0668. The summed E-state index contributed by atoms with van der Waals surface area (Å²) in [5, 5.41) is 3.06. The van der Waals surface area contributed by atoms with Gasteiger partial charge in [-0.15, -0.1) is 0 Å². The van der Waals surface area contributed by atoms with E-state index in [1.165, 1.54) is 5.56 Å². The molecule has 4 nitrogen and oxygen atoms in total. The van der Waals surface area contributed by atoms with Gasteiger partial charge in [0.2, 0.25) is 0 Å². The van der Waals surface area contributed by atoms with E-state index >= 15 is 0 Å². The monoisotopic (exact) mass is 251 g/mol. The summed E-state index contributed by atoms with van der Waals surface area (Å²) < 4.78 is 10.5. The van der Waals surface area contributed by atoms with Gasteiger partial charge >= 0.3 is 5.97 Å². The van der Waals surface area contributed by atoms with Crippen molar-refractivity contribution < 1.29 is 14.3 Å². The third-order valence-electron chi connectivity index (χ3n) is 2.08. The largest absolute Gasteiger partial charge is 0.482 e. The van der Waals surface area contributed by atoms with Gasteiger partial charge in [0.05, 0.1) is 0 Å². The number of hydrogen-bond acceptors (Lipinski definition) is 4. The zero-order valence-corrected chi connectivity index (χ0v) is 11.4. The summed E-state index contributed by atoms with van der Waals surface area (Å²) in [5.41, 5.74) is 0.694. The Bertz CT molecular complexity index is 379. The minimum Gasteiger partial charge on any atom is -0.482 e. The summed E-state index contributed by atoms with van der Waals surface area (Å²) in [7, 11) is 1.90. The van der Waals surface area contributed by atoms with Gasteiger partial charge in [-0.25, -0.2) is 4.79 Å². The number of ether oxygens (including phenoxy) is 2. The predicted octanol–water partition coefficient (Wildman–Crippen LogP) is 2.13. The summed E-state index contributed by atoms with van der Waals surface area (Å²) in [6.45, 7) is 6.24. The lowest BCUT2D eigenvalue weighted by atomic mass is 10.2. The van der Waals surface area contributed by atoms with Crippen molar-refractivity contribution >= 4 is 5.97 Å². The van der Waals surface area contributed by atoms with Crippen LogP contribution in [-0.2, 0) is 16.1 Å². The van der Waals surface area contributed by atoms with Gasteiger partial charge in [0.15, 0.2) is 6.61 Å². The normalized spacial score (nSPS) is 11.1. The lowest BCUT2D eigenvalue weighted by Crippen LogP contribution is -2.27. The van der Waals surface area contributed by atoms with Gasteiger partial charge in [-0.05, 0) is 45.5 Å². The van der Waals surface area contributed by atoms with E-state index in [0.717, 1.165) is 6.54 Å². The van der Waals surface area contributed by atoms with Crippen LogP contribution < -0.4 is 10.1 Å². The molecule has 1 N–H and O–H groups in total. The van der Waals surface area contributed by atoms with Crippen molar-refractivity contribution in [3.63, 3.8) is 0 Å². The van der Waals surface area contributed by atoms with E-state index in [9.17, 15) is 4.79 Å². The van der Waals surface area contributed by atoms with Crippen LogP contribution in [0.25, 0.3) is 0 Å². The Morgan fingerprint density at radius 2 is 1.83 bits per heavy atom. The Morgan fingerprint density at radius 3 is 2.33 bits per heavy atom. The first-order chi connectivity index (χ1) is 8.40. The third kappa shape index (κ3) is 5.68. The van der Waals surface area contributed by atoms with E-state index in [1.54, 1.807) is 0 Å². The molecule has 1 aromatic rings. The molecule has 0 aliphatic heterocycles. The van der Waals surface area contributed by atoms with E-state index in [2.05, 4.69) is 5.32 Å². The molecule has 0 heterocycles. The molecule has 1 aromatic carbocycles. The van der Waals surface area contributed by atoms with E-state index < -0.39 is 5.60 Å². The Kier molecular flexibility index (Phi) is 5.16. The van der Waals surface area contributed by atoms with Crippen molar-refractivity contribution in [3.8, 4) is 5.75 Å². The molecule has 0 bridgehead atoms. The van der Waals surface area contributed by atoms with Gasteiger partial charge in [-0.3, -0.25) is 0 Å². The van der Waals surface area contributed by atoms with Gasteiger partial charge in [0.1, 0.15) is 11.4 Å². The van der Waals surface area contributed by atoms with Crippen molar-refractivity contribution in [2.45, 2.75) is 32.9 Å². The quantitative estimate of drug-likeness (QED) is 0.814. The van der Waals surface area contributed by atoms with Crippen LogP contribution in [0, 0.1) is 0 Å². The number of nitrogens with one attached hydrogen (secondary N) is 1. The maximum atomic E-state index is 11.4. The molecule has 0 amide bonds. The first-order valence-corrected chi connectivity index (χ1v) is 5.99. The molecule has 0 fully saturated rings. The van der Waals surface area contributed by atoms with Gasteiger partial charge in [-0.1, -0.05) is 12.1 Å². The second kappa shape index (κ2) is 6.40. The highest BCUT2D eigenvalue weighted by Crippen LogP contribution is 2.13. The number of benzene rings is 1. The molecule has 0 radical (unpaired) electrons. The summed E-state index contributed by atoms with van der Waals surface area (Å²) >= 11 is 0. The molecule has 1 rings (SSSR count). The lowest BCUT2D eigenvalue weighted by molar-refractivity contribution is -0.157. The van der Waals surface area contributed by atoms with Gasteiger partial charge in [0.25, 0.3) is 0 Å². The van der Waals surface area contributed by atoms with Crippen LogP contribution in [0.1, 0.15) is 26.3 Å². The highest BCUT2D eigenvalue weighted by atomic mass is 16.6. The van der Waals surface area contributed by atoms with Crippen LogP contribution in [0.2, 0.25) is 0 Å². The zero-order valence-electron chi connectivity index (χ0n) is 11.4. The van der Waals surface area contributed by atoms with E-state index in [0.29, 0.717) is 5.75 Å². The van der Waals surface area contributed by atoms with Gasteiger partial charge in [0, 0.05) is 6.54 Å². The predicted molar refractivity (Wildman–Crippen MR) is 70.5 cm³/mol. The molecule has 0 aliphatic rings. The number of rotatable bonds is 5. The van der Waals surface area contributed by atoms with Crippen LogP contribution in [-0.4, -0.2) is 25.2 Å². The first-order valence-electron chi connectivity index (χ1n) is 5.99. The molecule has 18 heavy (non-hydrogen) atoms. The molecular formula is C14H21NO3.